The van der Waals surface area contributed by atoms with Crippen LogP contribution in [0.1, 0.15) is 35.5 Å². The standard InChI is InChI=1S/C13H20N4O2S2/c1-4-11(12-6-5-7-20-12)17-21(18,19)13-10(8-14-3)9(2)15-16-13/h5-7,11,14,17H,4,8H2,1-3H3,(H,15,16). The van der Waals surface area contributed by atoms with E-state index in [1.165, 1.54) is 0 Å². The molecule has 2 aromatic rings. The Kier molecular flexibility index (Phi) is 5.15. The van der Waals surface area contributed by atoms with Crippen LogP contribution in [0.3, 0.4) is 0 Å². The average molecular weight is 328 g/mol. The number of aromatic amines is 1. The second-order valence-corrected chi connectivity index (χ2v) is 7.37. The average Bonchev–Trinajstić information content (AvgIpc) is 3.08. The van der Waals surface area contributed by atoms with Crippen LogP contribution in [0.4, 0.5) is 0 Å². The third-order valence-corrected chi connectivity index (χ3v) is 5.66. The summed E-state index contributed by atoms with van der Waals surface area (Å²) in [5, 5.41) is 11.7. The summed E-state index contributed by atoms with van der Waals surface area (Å²) >= 11 is 1.54. The summed E-state index contributed by atoms with van der Waals surface area (Å²) in [6.07, 6.45) is 0.685. The van der Waals surface area contributed by atoms with Gasteiger partial charge in [-0.15, -0.1) is 11.3 Å². The van der Waals surface area contributed by atoms with Gasteiger partial charge in [0.2, 0.25) is 0 Å². The maximum absolute atomic E-state index is 12.6. The van der Waals surface area contributed by atoms with Crippen molar-refractivity contribution in [2.75, 3.05) is 7.05 Å². The lowest BCUT2D eigenvalue weighted by molar-refractivity contribution is 0.547. The molecule has 3 N–H and O–H groups in total. The van der Waals surface area contributed by atoms with E-state index >= 15 is 0 Å². The molecule has 116 valence electrons. The number of nitrogens with one attached hydrogen (secondary N) is 3. The fourth-order valence-electron chi connectivity index (χ4n) is 2.11. The van der Waals surface area contributed by atoms with Crippen molar-refractivity contribution in [3.05, 3.63) is 33.6 Å². The molecule has 0 saturated carbocycles. The zero-order chi connectivity index (χ0) is 15.5. The SMILES string of the molecule is CCC(NS(=O)(=O)c1n[nH]c(C)c1CNC)c1cccs1. The molecular formula is C13H20N4O2S2. The van der Waals surface area contributed by atoms with E-state index in [4.69, 9.17) is 0 Å². The van der Waals surface area contributed by atoms with Gasteiger partial charge in [0, 0.05) is 22.7 Å². The van der Waals surface area contributed by atoms with E-state index in [1.807, 2.05) is 31.4 Å². The second-order valence-electron chi connectivity index (χ2n) is 4.76. The first-order valence-corrected chi connectivity index (χ1v) is 9.10. The molecule has 2 aromatic heterocycles. The number of nitrogens with zero attached hydrogens (tertiary/aromatic N) is 1. The molecule has 0 aromatic carbocycles. The van der Waals surface area contributed by atoms with Crippen LogP contribution in [0.2, 0.25) is 0 Å². The second kappa shape index (κ2) is 6.69. The van der Waals surface area contributed by atoms with Crippen molar-refractivity contribution in [3.63, 3.8) is 0 Å². The Morgan fingerprint density at radius 1 is 1.48 bits per heavy atom. The molecule has 21 heavy (non-hydrogen) atoms. The summed E-state index contributed by atoms with van der Waals surface area (Å²) in [5.41, 5.74) is 1.43. The van der Waals surface area contributed by atoms with Crippen molar-refractivity contribution >= 4 is 21.4 Å². The van der Waals surface area contributed by atoms with E-state index in [0.717, 1.165) is 10.6 Å². The first-order valence-electron chi connectivity index (χ1n) is 6.73. The summed E-state index contributed by atoms with van der Waals surface area (Å²) < 4.78 is 27.9. The first-order chi connectivity index (χ1) is 9.99. The number of thiophene rings is 1. The van der Waals surface area contributed by atoms with Crippen LogP contribution in [0.25, 0.3) is 0 Å². The number of H-pyrrole nitrogens is 1. The highest BCUT2D eigenvalue weighted by atomic mass is 32.2. The highest BCUT2D eigenvalue weighted by Crippen LogP contribution is 2.25. The van der Waals surface area contributed by atoms with Crippen molar-refractivity contribution < 1.29 is 8.42 Å². The Morgan fingerprint density at radius 2 is 2.24 bits per heavy atom. The smallest absolute Gasteiger partial charge is 0.260 e. The number of hydrogen-bond acceptors (Lipinski definition) is 5. The van der Waals surface area contributed by atoms with Gasteiger partial charge in [-0.05, 0) is 31.8 Å². The van der Waals surface area contributed by atoms with Crippen molar-refractivity contribution in [1.29, 1.82) is 0 Å². The molecule has 0 aliphatic rings. The molecule has 0 amide bonds. The predicted molar refractivity (Wildman–Crippen MR) is 83.8 cm³/mol. The van der Waals surface area contributed by atoms with Gasteiger partial charge in [-0.3, -0.25) is 5.10 Å². The molecule has 0 aliphatic heterocycles. The van der Waals surface area contributed by atoms with E-state index in [2.05, 4.69) is 20.2 Å². The van der Waals surface area contributed by atoms with Gasteiger partial charge in [0.1, 0.15) is 0 Å². The zero-order valence-corrected chi connectivity index (χ0v) is 13.9. The first kappa shape index (κ1) is 16.2. The van der Waals surface area contributed by atoms with Gasteiger partial charge in [0.15, 0.2) is 5.03 Å². The van der Waals surface area contributed by atoms with Crippen molar-refractivity contribution in [2.45, 2.75) is 37.9 Å². The topological polar surface area (TPSA) is 86.9 Å². The summed E-state index contributed by atoms with van der Waals surface area (Å²) in [4.78, 5) is 1.00. The molecule has 1 unspecified atom stereocenters. The largest absolute Gasteiger partial charge is 0.316 e. The van der Waals surface area contributed by atoms with Gasteiger partial charge >= 0.3 is 0 Å². The molecule has 0 fully saturated rings. The van der Waals surface area contributed by atoms with Crippen LogP contribution < -0.4 is 10.0 Å². The Balaban J connectivity index is 2.30. The van der Waals surface area contributed by atoms with Crippen LogP contribution in [-0.2, 0) is 16.6 Å². The molecule has 0 bridgehead atoms. The molecule has 0 radical (unpaired) electrons. The molecule has 0 spiro atoms. The number of aromatic nitrogens is 2. The Labute approximate surface area is 129 Å². The lowest BCUT2D eigenvalue weighted by Crippen LogP contribution is -2.29. The van der Waals surface area contributed by atoms with Gasteiger partial charge in [0.25, 0.3) is 10.0 Å². The number of rotatable bonds is 7. The maximum Gasteiger partial charge on any atom is 0.260 e. The molecule has 2 heterocycles. The van der Waals surface area contributed by atoms with Crippen LogP contribution >= 0.6 is 11.3 Å². The fourth-order valence-corrected chi connectivity index (χ4v) is 4.54. The van der Waals surface area contributed by atoms with Gasteiger partial charge < -0.3 is 5.32 Å². The summed E-state index contributed by atoms with van der Waals surface area (Å²) in [7, 11) is -1.88. The molecular weight excluding hydrogens is 308 g/mol. The van der Waals surface area contributed by atoms with Gasteiger partial charge in [-0.1, -0.05) is 13.0 Å². The normalized spacial score (nSPS) is 13.5. The van der Waals surface area contributed by atoms with E-state index in [-0.39, 0.29) is 11.1 Å². The molecule has 0 saturated heterocycles. The molecule has 2 rings (SSSR count). The highest BCUT2D eigenvalue weighted by Gasteiger charge is 2.26. The zero-order valence-electron chi connectivity index (χ0n) is 12.3. The van der Waals surface area contributed by atoms with Gasteiger partial charge in [-0.25, -0.2) is 13.1 Å². The fraction of sp³-hybridized carbons (Fsp3) is 0.462. The Morgan fingerprint density at radius 3 is 2.81 bits per heavy atom. The minimum Gasteiger partial charge on any atom is -0.316 e. The van der Waals surface area contributed by atoms with Gasteiger partial charge in [0.05, 0.1) is 6.04 Å². The van der Waals surface area contributed by atoms with Crippen LogP contribution in [-0.4, -0.2) is 25.7 Å². The quantitative estimate of drug-likeness (QED) is 0.725. The Hall–Kier alpha value is -1.22. The molecule has 8 heteroatoms. The third kappa shape index (κ3) is 3.52. The number of hydrogen-bond donors (Lipinski definition) is 3. The number of aryl methyl sites for hydroxylation is 1. The molecule has 6 nitrogen and oxygen atoms in total. The Bertz CT molecular complexity index is 677. The lowest BCUT2D eigenvalue weighted by Gasteiger charge is -2.15. The van der Waals surface area contributed by atoms with Crippen LogP contribution in [0.5, 0.6) is 0 Å². The van der Waals surface area contributed by atoms with Crippen molar-refractivity contribution in [1.82, 2.24) is 20.2 Å². The lowest BCUT2D eigenvalue weighted by atomic mass is 10.2. The minimum absolute atomic E-state index is 0.0735. The summed E-state index contributed by atoms with van der Waals surface area (Å²) in [6, 6.07) is 3.63. The number of sulfonamides is 1. The monoisotopic (exact) mass is 328 g/mol. The van der Waals surface area contributed by atoms with E-state index in [0.29, 0.717) is 18.5 Å². The van der Waals surface area contributed by atoms with Gasteiger partial charge in [-0.2, -0.15) is 5.10 Å². The van der Waals surface area contributed by atoms with E-state index in [9.17, 15) is 8.42 Å². The maximum atomic E-state index is 12.6. The minimum atomic E-state index is -3.66. The van der Waals surface area contributed by atoms with E-state index in [1.54, 1.807) is 18.4 Å². The summed E-state index contributed by atoms with van der Waals surface area (Å²) in [5.74, 6) is 0. The van der Waals surface area contributed by atoms with Crippen LogP contribution in [0.15, 0.2) is 22.5 Å². The van der Waals surface area contributed by atoms with E-state index < -0.39 is 10.0 Å². The predicted octanol–water partition coefficient (Wildman–Crippen LogP) is 1.93. The van der Waals surface area contributed by atoms with Crippen LogP contribution in [0, 0.1) is 6.92 Å². The van der Waals surface area contributed by atoms with Crippen molar-refractivity contribution in [3.8, 4) is 0 Å². The van der Waals surface area contributed by atoms with Crippen molar-refractivity contribution in [2.24, 2.45) is 0 Å². The summed E-state index contributed by atoms with van der Waals surface area (Å²) in [6.45, 7) is 4.22. The molecule has 1 atom stereocenters. The molecule has 0 aliphatic carbocycles. The highest BCUT2D eigenvalue weighted by molar-refractivity contribution is 7.89. The third-order valence-electron chi connectivity index (χ3n) is 3.24.